The Kier molecular flexibility index (Phi) is 8.33. The fourth-order valence-electron chi connectivity index (χ4n) is 2.15. The minimum absolute atomic E-state index is 0. The van der Waals surface area contributed by atoms with Crippen molar-refractivity contribution in [3.63, 3.8) is 0 Å². The van der Waals surface area contributed by atoms with Gasteiger partial charge in [0, 0.05) is 12.3 Å². The number of rotatable bonds is 7. The average molecular weight is 335 g/mol. The van der Waals surface area contributed by atoms with E-state index in [2.05, 4.69) is 5.32 Å². The molecule has 2 rings (SSSR count). The molecule has 0 bridgehead atoms. The second-order valence-corrected chi connectivity index (χ2v) is 5.12. The second-order valence-electron chi connectivity index (χ2n) is 5.12. The molecule has 3 N–H and O–H groups in total. The van der Waals surface area contributed by atoms with Crippen LogP contribution in [0.3, 0.4) is 0 Å². The van der Waals surface area contributed by atoms with E-state index in [1.54, 1.807) is 0 Å². The molecular formula is C18H23ClN2O2. The molecule has 0 saturated carbocycles. The molecule has 0 fully saturated rings. The highest BCUT2D eigenvalue weighted by atomic mass is 35.5. The number of benzene rings is 2. The zero-order valence-corrected chi connectivity index (χ0v) is 14.0. The van der Waals surface area contributed by atoms with Crippen molar-refractivity contribution in [1.82, 2.24) is 0 Å². The first kappa shape index (κ1) is 19.2. The minimum Gasteiger partial charge on any atom is -0.377 e. The molecule has 0 unspecified atom stereocenters. The molecule has 5 heteroatoms. The third-order valence-electron chi connectivity index (χ3n) is 3.30. The Morgan fingerprint density at radius 1 is 1.13 bits per heavy atom. The van der Waals surface area contributed by atoms with Crippen molar-refractivity contribution in [2.45, 2.75) is 26.0 Å². The molecule has 2 aromatic carbocycles. The zero-order valence-electron chi connectivity index (χ0n) is 13.2. The summed E-state index contributed by atoms with van der Waals surface area (Å²) in [6.45, 7) is 3.16. The number of carbonyl (C=O) groups excluding carboxylic acids is 1. The van der Waals surface area contributed by atoms with Gasteiger partial charge in [-0.05, 0) is 36.6 Å². The van der Waals surface area contributed by atoms with E-state index < -0.39 is 6.04 Å². The van der Waals surface area contributed by atoms with Crippen LogP contribution in [0.4, 0.5) is 5.69 Å². The number of nitrogens with one attached hydrogen (secondary N) is 1. The number of hydrogen-bond donors (Lipinski definition) is 2. The standard InChI is InChI=1S/C18H22N2O2.ClH/c1-2-22-13-15-9-6-10-16(11-15)20-18(21)17(19)12-14-7-4-3-5-8-14;/h3-11,17H,2,12-13,19H2,1H3,(H,20,21);1H/t17-;/m0./s1. The van der Waals surface area contributed by atoms with Crippen LogP contribution >= 0.6 is 12.4 Å². The Balaban J connectivity index is 0.00000264. The monoisotopic (exact) mass is 334 g/mol. The van der Waals surface area contributed by atoms with Gasteiger partial charge in [-0.1, -0.05) is 42.5 Å². The SMILES string of the molecule is CCOCc1cccc(NC(=O)[C@@H](N)Cc2ccccc2)c1.Cl. The number of halogens is 1. The minimum atomic E-state index is -0.571. The van der Waals surface area contributed by atoms with Crippen LogP contribution in [0.5, 0.6) is 0 Å². The molecule has 0 radical (unpaired) electrons. The van der Waals surface area contributed by atoms with Crippen LogP contribution < -0.4 is 11.1 Å². The molecule has 0 saturated heterocycles. The van der Waals surface area contributed by atoms with E-state index in [9.17, 15) is 4.79 Å². The molecule has 0 aliphatic rings. The summed E-state index contributed by atoms with van der Waals surface area (Å²) < 4.78 is 5.37. The molecule has 1 amide bonds. The van der Waals surface area contributed by atoms with Gasteiger partial charge < -0.3 is 15.8 Å². The molecule has 2 aromatic rings. The molecule has 124 valence electrons. The van der Waals surface area contributed by atoms with Gasteiger partial charge in [-0.15, -0.1) is 12.4 Å². The maximum absolute atomic E-state index is 12.2. The molecule has 1 atom stereocenters. The van der Waals surface area contributed by atoms with Crippen LogP contribution in [-0.4, -0.2) is 18.6 Å². The maximum Gasteiger partial charge on any atom is 0.241 e. The van der Waals surface area contributed by atoms with Gasteiger partial charge in [-0.3, -0.25) is 4.79 Å². The van der Waals surface area contributed by atoms with Crippen molar-refractivity contribution < 1.29 is 9.53 Å². The summed E-state index contributed by atoms with van der Waals surface area (Å²) >= 11 is 0. The smallest absolute Gasteiger partial charge is 0.241 e. The van der Waals surface area contributed by atoms with Crippen molar-refractivity contribution >= 4 is 24.0 Å². The third-order valence-corrected chi connectivity index (χ3v) is 3.30. The van der Waals surface area contributed by atoms with Crippen molar-refractivity contribution in [1.29, 1.82) is 0 Å². The molecule has 4 nitrogen and oxygen atoms in total. The molecule has 0 aromatic heterocycles. The Labute approximate surface area is 143 Å². The molecule has 0 aliphatic heterocycles. The zero-order chi connectivity index (χ0) is 15.8. The normalized spacial score (nSPS) is 11.4. The van der Waals surface area contributed by atoms with Gasteiger partial charge in [0.25, 0.3) is 0 Å². The topological polar surface area (TPSA) is 64.3 Å². The number of nitrogens with two attached hydrogens (primary N) is 1. The van der Waals surface area contributed by atoms with Gasteiger partial charge in [0.05, 0.1) is 12.6 Å². The van der Waals surface area contributed by atoms with E-state index >= 15 is 0 Å². The van der Waals surface area contributed by atoms with E-state index in [-0.39, 0.29) is 18.3 Å². The summed E-state index contributed by atoms with van der Waals surface area (Å²) in [5, 5.41) is 2.86. The Morgan fingerprint density at radius 3 is 2.52 bits per heavy atom. The van der Waals surface area contributed by atoms with Crippen molar-refractivity contribution in [2.24, 2.45) is 5.73 Å². The maximum atomic E-state index is 12.2. The summed E-state index contributed by atoms with van der Waals surface area (Å²) in [6, 6.07) is 16.8. The van der Waals surface area contributed by atoms with Gasteiger partial charge in [0.15, 0.2) is 0 Å². The van der Waals surface area contributed by atoms with Crippen LogP contribution in [0.25, 0.3) is 0 Å². The highest BCUT2D eigenvalue weighted by Gasteiger charge is 2.14. The lowest BCUT2D eigenvalue weighted by molar-refractivity contribution is -0.117. The van der Waals surface area contributed by atoms with Crippen LogP contribution in [0.2, 0.25) is 0 Å². The highest BCUT2D eigenvalue weighted by molar-refractivity contribution is 5.94. The van der Waals surface area contributed by atoms with Crippen molar-refractivity contribution in [3.05, 3.63) is 65.7 Å². The molecule has 0 aliphatic carbocycles. The van der Waals surface area contributed by atoms with Gasteiger partial charge in [-0.25, -0.2) is 0 Å². The summed E-state index contributed by atoms with van der Waals surface area (Å²) in [4.78, 5) is 12.2. The lowest BCUT2D eigenvalue weighted by atomic mass is 10.1. The molecular weight excluding hydrogens is 312 g/mol. The van der Waals surface area contributed by atoms with Crippen molar-refractivity contribution in [2.75, 3.05) is 11.9 Å². The van der Waals surface area contributed by atoms with E-state index in [0.717, 1.165) is 16.8 Å². The predicted molar refractivity (Wildman–Crippen MR) is 95.8 cm³/mol. The highest BCUT2D eigenvalue weighted by Crippen LogP contribution is 2.12. The Hall–Kier alpha value is -1.88. The number of amides is 1. The predicted octanol–water partition coefficient (Wildman–Crippen LogP) is 3.15. The Morgan fingerprint density at radius 2 is 1.83 bits per heavy atom. The van der Waals surface area contributed by atoms with Crippen LogP contribution in [-0.2, 0) is 22.6 Å². The average Bonchev–Trinajstić information content (AvgIpc) is 2.54. The molecule has 23 heavy (non-hydrogen) atoms. The Bertz CT molecular complexity index is 605. The quantitative estimate of drug-likeness (QED) is 0.817. The number of carbonyl (C=O) groups is 1. The lowest BCUT2D eigenvalue weighted by Crippen LogP contribution is -2.37. The summed E-state index contributed by atoms with van der Waals surface area (Å²) in [5.74, 6) is -0.183. The fourth-order valence-corrected chi connectivity index (χ4v) is 2.15. The van der Waals surface area contributed by atoms with Gasteiger partial charge in [0.1, 0.15) is 0 Å². The van der Waals surface area contributed by atoms with E-state index in [4.69, 9.17) is 10.5 Å². The fraction of sp³-hybridized carbons (Fsp3) is 0.278. The summed E-state index contributed by atoms with van der Waals surface area (Å²) in [6.07, 6.45) is 0.519. The second kappa shape index (κ2) is 10.0. The van der Waals surface area contributed by atoms with Gasteiger partial charge in [0.2, 0.25) is 5.91 Å². The largest absolute Gasteiger partial charge is 0.377 e. The van der Waals surface area contributed by atoms with Crippen LogP contribution in [0.1, 0.15) is 18.1 Å². The molecule has 0 heterocycles. The van der Waals surface area contributed by atoms with Gasteiger partial charge in [-0.2, -0.15) is 0 Å². The first-order valence-corrected chi connectivity index (χ1v) is 7.46. The number of hydrogen-bond acceptors (Lipinski definition) is 3. The summed E-state index contributed by atoms with van der Waals surface area (Å²) in [5.41, 5.74) is 8.80. The third kappa shape index (κ3) is 6.40. The molecule has 0 spiro atoms. The number of ether oxygens (including phenoxy) is 1. The van der Waals surface area contributed by atoms with Crippen LogP contribution in [0, 0.1) is 0 Å². The van der Waals surface area contributed by atoms with Gasteiger partial charge >= 0.3 is 0 Å². The number of anilines is 1. The lowest BCUT2D eigenvalue weighted by Gasteiger charge is -2.13. The van der Waals surface area contributed by atoms with E-state index in [1.165, 1.54) is 0 Å². The van der Waals surface area contributed by atoms with E-state index in [1.807, 2.05) is 61.5 Å². The van der Waals surface area contributed by atoms with Crippen molar-refractivity contribution in [3.8, 4) is 0 Å². The van der Waals surface area contributed by atoms with Crippen LogP contribution in [0.15, 0.2) is 54.6 Å². The first-order chi connectivity index (χ1) is 10.7. The first-order valence-electron chi connectivity index (χ1n) is 7.46. The van der Waals surface area contributed by atoms with E-state index in [0.29, 0.717) is 19.6 Å². The summed E-state index contributed by atoms with van der Waals surface area (Å²) in [7, 11) is 0.